The monoisotopic (exact) mass is 145 g/mol. The number of carboxylic acids is 1. The van der Waals surface area contributed by atoms with Crippen LogP contribution in [0, 0.1) is 0 Å². The van der Waals surface area contributed by atoms with Gasteiger partial charge in [-0.05, 0) is 19.4 Å². The molecule has 0 bridgehead atoms. The summed E-state index contributed by atoms with van der Waals surface area (Å²) in [5.74, 6) is -0.966. The fraction of sp³-hybridized carbons (Fsp3) is 0.833. The topological polar surface area (TPSA) is 69.6 Å². The lowest BCUT2D eigenvalue weighted by Gasteiger charge is -2.24. The van der Waals surface area contributed by atoms with E-state index in [1.807, 2.05) is 0 Å². The highest BCUT2D eigenvalue weighted by Crippen LogP contribution is 2.07. The Morgan fingerprint density at radius 2 is 2.30 bits per heavy atom. The van der Waals surface area contributed by atoms with Gasteiger partial charge in [-0.1, -0.05) is 0 Å². The predicted molar refractivity (Wildman–Crippen MR) is 34.7 cm³/mol. The molecule has 2 atom stereocenters. The fourth-order valence-electron chi connectivity index (χ4n) is 1.12. The standard InChI is InChI=1S/C6H11NO3/c8-4-2-1-3-7-5(4)6(9)10/h4-5,7-8H,1-3H2,(H,9,10)/t4-,5?/m1/s1. The van der Waals surface area contributed by atoms with Gasteiger partial charge in [0.25, 0.3) is 0 Å². The van der Waals surface area contributed by atoms with Gasteiger partial charge in [-0.25, -0.2) is 0 Å². The van der Waals surface area contributed by atoms with Gasteiger partial charge in [0.05, 0.1) is 6.10 Å². The zero-order valence-electron chi connectivity index (χ0n) is 5.58. The molecule has 0 saturated carbocycles. The van der Waals surface area contributed by atoms with Gasteiger partial charge in [-0.2, -0.15) is 0 Å². The SMILES string of the molecule is O=C(O)C1NCCC[C@H]1O. The molecule has 4 heteroatoms. The number of hydrogen-bond donors (Lipinski definition) is 3. The van der Waals surface area contributed by atoms with Gasteiger partial charge >= 0.3 is 5.97 Å². The van der Waals surface area contributed by atoms with Crippen LogP contribution in [0.4, 0.5) is 0 Å². The van der Waals surface area contributed by atoms with Gasteiger partial charge in [0.2, 0.25) is 0 Å². The molecule has 0 aromatic rings. The molecular formula is C6H11NO3. The van der Waals surface area contributed by atoms with Crippen LogP contribution in [-0.2, 0) is 4.79 Å². The normalized spacial score (nSPS) is 33.7. The third kappa shape index (κ3) is 1.46. The highest BCUT2D eigenvalue weighted by atomic mass is 16.4. The molecule has 4 nitrogen and oxygen atoms in total. The lowest BCUT2D eigenvalue weighted by molar-refractivity contribution is -0.143. The minimum atomic E-state index is -0.966. The Hall–Kier alpha value is -0.610. The predicted octanol–water partition coefficient (Wildman–Crippen LogP) is -0.816. The Kier molecular flexibility index (Phi) is 2.24. The minimum absolute atomic E-state index is 0.587. The van der Waals surface area contributed by atoms with Crippen molar-refractivity contribution in [3.63, 3.8) is 0 Å². The molecule has 0 aliphatic carbocycles. The van der Waals surface area contributed by atoms with E-state index in [1.165, 1.54) is 0 Å². The molecule has 0 spiro atoms. The molecule has 58 valence electrons. The average Bonchev–Trinajstić information content (AvgIpc) is 1.88. The zero-order valence-corrected chi connectivity index (χ0v) is 5.58. The van der Waals surface area contributed by atoms with Gasteiger partial charge < -0.3 is 15.5 Å². The van der Waals surface area contributed by atoms with Crippen molar-refractivity contribution in [2.45, 2.75) is 25.0 Å². The number of aliphatic hydroxyl groups is 1. The maximum atomic E-state index is 10.3. The van der Waals surface area contributed by atoms with Gasteiger partial charge in [0, 0.05) is 0 Å². The van der Waals surface area contributed by atoms with Crippen LogP contribution in [0.25, 0.3) is 0 Å². The summed E-state index contributed by atoms with van der Waals surface area (Å²) in [6.07, 6.45) is 0.723. The second kappa shape index (κ2) is 2.98. The van der Waals surface area contributed by atoms with Crippen molar-refractivity contribution in [3.8, 4) is 0 Å². The van der Waals surface area contributed by atoms with E-state index in [0.29, 0.717) is 13.0 Å². The van der Waals surface area contributed by atoms with E-state index in [1.54, 1.807) is 0 Å². The number of aliphatic carboxylic acids is 1. The van der Waals surface area contributed by atoms with E-state index in [4.69, 9.17) is 10.2 Å². The first-order valence-electron chi connectivity index (χ1n) is 3.36. The molecule has 3 N–H and O–H groups in total. The van der Waals surface area contributed by atoms with Crippen LogP contribution < -0.4 is 5.32 Å². The third-order valence-electron chi connectivity index (χ3n) is 1.69. The number of rotatable bonds is 1. The molecule has 0 amide bonds. The lowest BCUT2D eigenvalue weighted by atomic mass is 10.0. The van der Waals surface area contributed by atoms with Gasteiger partial charge in [0.1, 0.15) is 6.04 Å². The Morgan fingerprint density at radius 1 is 1.60 bits per heavy atom. The Balaban J connectivity index is 2.47. The van der Waals surface area contributed by atoms with E-state index in [-0.39, 0.29) is 0 Å². The van der Waals surface area contributed by atoms with Crippen LogP contribution in [0.15, 0.2) is 0 Å². The molecule has 1 aliphatic heterocycles. The van der Waals surface area contributed by atoms with Crippen molar-refractivity contribution in [2.75, 3.05) is 6.54 Å². The molecule has 1 saturated heterocycles. The molecule has 10 heavy (non-hydrogen) atoms. The van der Waals surface area contributed by atoms with Crippen LogP contribution in [0.1, 0.15) is 12.8 Å². The molecule has 1 rings (SSSR count). The second-order valence-corrected chi connectivity index (χ2v) is 2.48. The summed E-state index contributed by atoms with van der Waals surface area (Å²) in [4.78, 5) is 10.3. The van der Waals surface area contributed by atoms with Crippen LogP contribution >= 0.6 is 0 Å². The van der Waals surface area contributed by atoms with Gasteiger partial charge in [-0.15, -0.1) is 0 Å². The number of aliphatic hydroxyl groups excluding tert-OH is 1. The number of carboxylic acid groups (broad SMARTS) is 1. The second-order valence-electron chi connectivity index (χ2n) is 2.48. The van der Waals surface area contributed by atoms with Crippen LogP contribution in [0.2, 0.25) is 0 Å². The molecule has 1 heterocycles. The smallest absolute Gasteiger partial charge is 0.323 e. The Morgan fingerprint density at radius 3 is 2.70 bits per heavy atom. The van der Waals surface area contributed by atoms with E-state index in [9.17, 15) is 4.79 Å². The van der Waals surface area contributed by atoms with Crippen molar-refractivity contribution in [1.82, 2.24) is 5.32 Å². The summed E-state index contributed by atoms with van der Waals surface area (Å²) in [5.41, 5.74) is 0. The van der Waals surface area contributed by atoms with Crippen molar-refractivity contribution >= 4 is 5.97 Å². The van der Waals surface area contributed by atoms with Crippen LogP contribution in [0.5, 0.6) is 0 Å². The molecule has 1 unspecified atom stereocenters. The summed E-state index contributed by atoms with van der Waals surface area (Å²) in [5, 5.41) is 20.3. The summed E-state index contributed by atoms with van der Waals surface area (Å²) in [6.45, 7) is 0.689. The summed E-state index contributed by atoms with van der Waals surface area (Å²) < 4.78 is 0. The first-order chi connectivity index (χ1) is 4.72. The van der Waals surface area contributed by atoms with E-state index < -0.39 is 18.1 Å². The van der Waals surface area contributed by atoms with Crippen LogP contribution in [0.3, 0.4) is 0 Å². The highest BCUT2D eigenvalue weighted by molar-refractivity contribution is 5.74. The van der Waals surface area contributed by atoms with E-state index >= 15 is 0 Å². The molecule has 0 aromatic heterocycles. The zero-order chi connectivity index (χ0) is 7.56. The molecule has 1 aliphatic rings. The maximum Gasteiger partial charge on any atom is 0.323 e. The van der Waals surface area contributed by atoms with Crippen LogP contribution in [-0.4, -0.2) is 34.9 Å². The lowest BCUT2D eigenvalue weighted by Crippen LogP contribution is -2.49. The Labute approximate surface area is 58.9 Å². The summed E-state index contributed by atoms with van der Waals surface area (Å²) >= 11 is 0. The van der Waals surface area contributed by atoms with Gasteiger partial charge in [0.15, 0.2) is 0 Å². The number of carbonyl (C=O) groups is 1. The first kappa shape index (κ1) is 7.50. The molecular weight excluding hydrogens is 134 g/mol. The van der Waals surface area contributed by atoms with Crippen molar-refractivity contribution in [3.05, 3.63) is 0 Å². The van der Waals surface area contributed by atoms with Crippen molar-refractivity contribution in [2.24, 2.45) is 0 Å². The third-order valence-corrected chi connectivity index (χ3v) is 1.69. The quantitative estimate of drug-likeness (QED) is 0.451. The number of hydrogen-bond acceptors (Lipinski definition) is 3. The highest BCUT2D eigenvalue weighted by Gasteiger charge is 2.28. The van der Waals surface area contributed by atoms with Crippen molar-refractivity contribution < 1.29 is 15.0 Å². The minimum Gasteiger partial charge on any atom is -0.480 e. The molecule has 0 aromatic carbocycles. The summed E-state index contributed by atoms with van der Waals surface area (Å²) in [7, 11) is 0. The van der Waals surface area contributed by atoms with Crippen molar-refractivity contribution in [1.29, 1.82) is 0 Å². The largest absolute Gasteiger partial charge is 0.480 e. The number of nitrogens with one attached hydrogen (secondary N) is 1. The van der Waals surface area contributed by atoms with E-state index in [2.05, 4.69) is 5.32 Å². The maximum absolute atomic E-state index is 10.3. The summed E-state index contributed by atoms with van der Waals surface area (Å²) in [6, 6.07) is -0.756. The molecule has 0 radical (unpaired) electrons. The fourth-order valence-corrected chi connectivity index (χ4v) is 1.12. The number of piperidine rings is 1. The Bertz CT molecular complexity index is 137. The van der Waals surface area contributed by atoms with E-state index in [0.717, 1.165) is 6.42 Å². The molecule has 1 fully saturated rings. The van der Waals surface area contributed by atoms with Gasteiger partial charge in [-0.3, -0.25) is 4.79 Å². The average molecular weight is 145 g/mol. The first-order valence-corrected chi connectivity index (χ1v) is 3.36.